The number of benzene rings is 1. The zero-order chi connectivity index (χ0) is 10.7. The lowest BCUT2D eigenvalue weighted by atomic mass is 10.1. The molecule has 0 spiro atoms. The van der Waals surface area contributed by atoms with Crippen LogP contribution in [0, 0.1) is 11.6 Å². The maximum atomic E-state index is 13.1. The number of ketones is 1. The number of halogens is 2. The van der Waals surface area contributed by atoms with Gasteiger partial charge in [-0.3, -0.25) is 4.79 Å². The second kappa shape index (κ2) is 4.15. The van der Waals surface area contributed by atoms with Crippen LogP contribution in [0.4, 0.5) is 8.78 Å². The molecule has 0 amide bonds. The van der Waals surface area contributed by atoms with Gasteiger partial charge in [0.2, 0.25) is 0 Å². The van der Waals surface area contributed by atoms with E-state index in [1.807, 2.05) is 0 Å². The Bertz CT molecular complexity index is 366. The van der Waals surface area contributed by atoms with E-state index in [4.69, 9.17) is 10.8 Å². The number of phenolic OH excluding ortho intramolecular Hbond substituents is 1. The van der Waals surface area contributed by atoms with E-state index in [1.54, 1.807) is 0 Å². The largest absolute Gasteiger partial charge is 0.505 e. The van der Waals surface area contributed by atoms with Gasteiger partial charge in [0.05, 0.1) is 5.56 Å². The lowest BCUT2D eigenvalue weighted by molar-refractivity contribution is 0.0976. The van der Waals surface area contributed by atoms with Gasteiger partial charge in [0.15, 0.2) is 17.3 Å². The van der Waals surface area contributed by atoms with Crippen LogP contribution in [-0.2, 0) is 0 Å². The molecule has 3 N–H and O–H groups in total. The summed E-state index contributed by atoms with van der Waals surface area (Å²) in [6.07, 6.45) is -0.155. The summed E-state index contributed by atoms with van der Waals surface area (Å²) in [5, 5.41) is 8.92. The molecule has 0 saturated carbocycles. The van der Waals surface area contributed by atoms with E-state index < -0.39 is 28.7 Å². The van der Waals surface area contributed by atoms with E-state index in [1.165, 1.54) is 0 Å². The Labute approximate surface area is 79.2 Å². The summed E-state index contributed by atoms with van der Waals surface area (Å²) in [5.41, 5.74) is 4.35. The molecule has 0 radical (unpaired) electrons. The highest BCUT2D eigenvalue weighted by atomic mass is 19.1. The molecule has 0 heterocycles. The van der Waals surface area contributed by atoms with E-state index in [2.05, 4.69) is 0 Å². The number of nitrogens with two attached hydrogens (primary N) is 1. The molecule has 1 rings (SSSR count). The molecular formula is C9H9F2NO2. The van der Waals surface area contributed by atoms with Crippen LogP contribution >= 0.6 is 0 Å². The molecule has 0 saturated heterocycles. The van der Waals surface area contributed by atoms with Crippen molar-refractivity contribution in [3.63, 3.8) is 0 Å². The van der Waals surface area contributed by atoms with Crippen LogP contribution in [-0.4, -0.2) is 17.4 Å². The van der Waals surface area contributed by atoms with Crippen LogP contribution in [0.25, 0.3) is 0 Å². The Kier molecular flexibility index (Phi) is 3.14. The average molecular weight is 201 g/mol. The van der Waals surface area contributed by atoms with E-state index in [0.717, 1.165) is 12.1 Å². The van der Waals surface area contributed by atoms with Crippen LogP contribution in [0.15, 0.2) is 12.1 Å². The maximum absolute atomic E-state index is 13.1. The summed E-state index contributed by atoms with van der Waals surface area (Å²) in [6, 6.07) is 1.69. The zero-order valence-corrected chi connectivity index (χ0v) is 7.26. The van der Waals surface area contributed by atoms with Crippen molar-refractivity contribution in [3.8, 4) is 5.75 Å². The van der Waals surface area contributed by atoms with Crippen molar-refractivity contribution in [1.29, 1.82) is 0 Å². The van der Waals surface area contributed by atoms with Gasteiger partial charge in [-0.15, -0.1) is 0 Å². The van der Waals surface area contributed by atoms with Gasteiger partial charge in [0, 0.05) is 6.42 Å². The van der Waals surface area contributed by atoms with Crippen molar-refractivity contribution in [2.45, 2.75) is 6.42 Å². The maximum Gasteiger partial charge on any atom is 0.178 e. The van der Waals surface area contributed by atoms with Crippen LogP contribution in [0.1, 0.15) is 16.8 Å². The Balaban J connectivity index is 3.18. The zero-order valence-electron chi connectivity index (χ0n) is 7.26. The first kappa shape index (κ1) is 10.6. The van der Waals surface area contributed by atoms with Crippen LogP contribution in [0.3, 0.4) is 0 Å². The van der Waals surface area contributed by atoms with Crippen molar-refractivity contribution in [2.24, 2.45) is 5.73 Å². The minimum Gasteiger partial charge on any atom is -0.505 e. The normalized spacial score (nSPS) is 10.2. The van der Waals surface area contributed by atoms with Crippen molar-refractivity contribution in [1.82, 2.24) is 0 Å². The van der Waals surface area contributed by atoms with E-state index in [0.29, 0.717) is 0 Å². The molecule has 0 aliphatic heterocycles. The highest BCUT2D eigenvalue weighted by molar-refractivity contribution is 5.97. The Morgan fingerprint density at radius 2 is 2.07 bits per heavy atom. The molecule has 0 aliphatic rings. The third-order valence-corrected chi connectivity index (χ3v) is 1.72. The second-order valence-corrected chi connectivity index (χ2v) is 2.72. The summed E-state index contributed by atoms with van der Waals surface area (Å²) in [6.45, 7) is 0.00731. The van der Waals surface area contributed by atoms with Gasteiger partial charge in [-0.1, -0.05) is 0 Å². The molecule has 3 nitrogen and oxygen atoms in total. The summed E-state index contributed by atoms with van der Waals surface area (Å²) in [7, 11) is 0. The van der Waals surface area contributed by atoms with Crippen LogP contribution in [0.2, 0.25) is 0 Å². The lowest BCUT2D eigenvalue weighted by Gasteiger charge is -2.04. The van der Waals surface area contributed by atoms with Crippen molar-refractivity contribution in [2.75, 3.05) is 6.54 Å². The monoisotopic (exact) mass is 201 g/mol. The van der Waals surface area contributed by atoms with E-state index in [-0.39, 0.29) is 13.0 Å². The number of rotatable bonds is 3. The number of hydrogen-bond donors (Lipinski definition) is 2. The van der Waals surface area contributed by atoms with Gasteiger partial charge in [0.25, 0.3) is 0 Å². The predicted molar refractivity (Wildman–Crippen MR) is 46.0 cm³/mol. The second-order valence-electron chi connectivity index (χ2n) is 2.72. The molecule has 0 bridgehead atoms. The van der Waals surface area contributed by atoms with Gasteiger partial charge >= 0.3 is 0 Å². The van der Waals surface area contributed by atoms with Crippen LogP contribution < -0.4 is 5.73 Å². The van der Waals surface area contributed by atoms with Gasteiger partial charge in [-0.2, -0.15) is 0 Å². The Morgan fingerprint density at radius 3 is 2.64 bits per heavy atom. The summed E-state index contributed by atoms with van der Waals surface area (Å²) >= 11 is 0. The molecule has 0 aromatic heterocycles. The molecule has 5 heteroatoms. The fraction of sp³-hybridized carbons (Fsp3) is 0.222. The predicted octanol–water partition coefficient (Wildman–Crippen LogP) is 1.20. The third-order valence-electron chi connectivity index (χ3n) is 1.72. The standard InChI is InChI=1S/C9H9F2NO2/c10-5-1-2-7(14)9(11)8(5)6(13)3-4-12/h1-2,14H,3-4,12H2. The molecule has 0 aliphatic carbocycles. The van der Waals surface area contributed by atoms with Crippen molar-refractivity contribution in [3.05, 3.63) is 29.3 Å². The number of Topliss-reactive ketones (excluding diaryl/α,β-unsaturated/α-hetero) is 1. The number of hydrogen-bond acceptors (Lipinski definition) is 3. The van der Waals surface area contributed by atoms with Gasteiger partial charge < -0.3 is 10.8 Å². The molecule has 14 heavy (non-hydrogen) atoms. The summed E-state index contributed by atoms with van der Waals surface area (Å²) < 4.78 is 26.1. The number of carbonyl (C=O) groups is 1. The minimum atomic E-state index is -1.23. The molecule has 0 fully saturated rings. The molecule has 1 aromatic carbocycles. The highest BCUT2D eigenvalue weighted by Gasteiger charge is 2.19. The van der Waals surface area contributed by atoms with Crippen molar-refractivity contribution >= 4 is 5.78 Å². The highest BCUT2D eigenvalue weighted by Crippen LogP contribution is 2.22. The summed E-state index contributed by atoms with van der Waals surface area (Å²) in [4.78, 5) is 11.2. The first-order valence-electron chi connectivity index (χ1n) is 3.98. The lowest BCUT2D eigenvalue weighted by Crippen LogP contribution is -2.11. The fourth-order valence-corrected chi connectivity index (χ4v) is 1.05. The molecule has 76 valence electrons. The van der Waals surface area contributed by atoms with Gasteiger partial charge in [-0.25, -0.2) is 8.78 Å². The third kappa shape index (κ3) is 1.88. The number of carbonyl (C=O) groups excluding carboxylic acids is 1. The van der Waals surface area contributed by atoms with Gasteiger partial charge in [0.1, 0.15) is 5.82 Å². The number of phenols is 1. The summed E-state index contributed by atoms with van der Waals surface area (Å²) in [5.74, 6) is -3.72. The van der Waals surface area contributed by atoms with E-state index in [9.17, 15) is 13.6 Å². The topological polar surface area (TPSA) is 63.3 Å². The number of aromatic hydroxyl groups is 1. The first-order valence-corrected chi connectivity index (χ1v) is 3.98. The SMILES string of the molecule is NCCC(=O)c1c(F)ccc(O)c1F. The fourth-order valence-electron chi connectivity index (χ4n) is 1.05. The molecule has 0 unspecified atom stereocenters. The minimum absolute atomic E-state index is 0.00731. The van der Waals surface area contributed by atoms with Crippen LogP contribution in [0.5, 0.6) is 5.75 Å². The van der Waals surface area contributed by atoms with Gasteiger partial charge in [-0.05, 0) is 18.7 Å². The van der Waals surface area contributed by atoms with E-state index >= 15 is 0 Å². The Hall–Kier alpha value is -1.49. The molecule has 0 atom stereocenters. The Morgan fingerprint density at radius 1 is 1.43 bits per heavy atom. The average Bonchev–Trinajstić information content (AvgIpc) is 2.13. The molecule has 1 aromatic rings. The van der Waals surface area contributed by atoms with Crippen molar-refractivity contribution < 1.29 is 18.7 Å². The first-order chi connectivity index (χ1) is 6.57. The quantitative estimate of drug-likeness (QED) is 0.722. The molecular weight excluding hydrogens is 192 g/mol. The smallest absolute Gasteiger partial charge is 0.178 e.